The molecule has 0 saturated heterocycles. The second kappa shape index (κ2) is 10.8. The Bertz CT molecular complexity index is 585. The maximum Gasteiger partial charge on any atom is 0.265 e. The van der Waals surface area contributed by atoms with Gasteiger partial charge in [0.05, 0.1) is 12.8 Å². The van der Waals surface area contributed by atoms with Crippen molar-refractivity contribution in [1.82, 2.24) is 9.96 Å². The molecule has 2 amide bonds. The molecule has 0 aliphatic rings. The fraction of sp³-hybridized carbons (Fsp3) is 0.375. The standard InChI is InChI=1S/C14H19N2O5P.C2H6/c1-3-9-16(19)13(17)10-15(11-22(2,20)21)14(18)12-7-5-4-6-8-12;1-2/h3-8,19H,1,9-11H2,2H3,(H,20,21);1-2H3. The van der Waals surface area contributed by atoms with Gasteiger partial charge in [0.1, 0.15) is 6.54 Å². The topological polar surface area (TPSA) is 98.2 Å². The van der Waals surface area contributed by atoms with Gasteiger partial charge >= 0.3 is 0 Å². The second-order valence-corrected chi connectivity index (χ2v) is 7.21. The third-order valence-corrected chi connectivity index (χ3v) is 3.52. The molecule has 0 aliphatic heterocycles. The van der Waals surface area contributed by atoms with Gasteiger partial charge in [0.25, 0.3) is 11.8 Å². The fourth-order valence-electron chi connectivity index (χ4n) is 1.74. The summed E-state index contributed by atoms with van der Waals surface area (Å²) in [5, 5.41) is 9.86. The van der Waals surface area contributed by atoms with Crippen molar-refractivity contribution in [3.05, 3.63) is 48.6 Å². The van der Waals surface area contributed by atoms with E-state index in [-0.39, 0.29) is 12.1 Å². The number of nitrogens with zero attached hydrogens (tertiary/aromatic N) is 2. The summed E-state index contributed by atoms with van der Waals surface area (Å²) in [5.74, 6) is -1.32. The highest BCUT2D eigenvalue weighted by Gasteiger charge is 2.26. The van der Waals surface area contributed by atoms with E-state index in [4.69, 9.17) is 0 Å². The smallest absolute Gasteiger partial charge is 0.265 e. The first-order valence-electron chi connectivity index (χ1n) is 7.48. The van der Waals surface area contributed by atoms with Crippen molar-refractivity contribution < 1.29 is 24.3 Å². The maximum atomic E-state index is 12.4. The van der Waals surface area contributed by atoms with E-state index in [0.717, 1.165) is 11.6 Å². The summed E-state index contributed by atoms with van der Waals surface area (Å²) >= 11 is 0. The first kappa shape index (κ1) is 22.1. The molecule has 1 atom stereocenters. The molecule has 1 unspecified atom stereocenters. The number of rotatable bonds is 7. The zero-order valence-corrected chi connectivity index (χ0v) is 15.1. The summed E-state index contributed by atoms with van der Waals surface area (Å²) in [6.07, 6.45) is 0.840. The predicted octanol–water partition coefficient (Wildman–Crippen LogP) is 2.42. The van der Waals surface area contributed by atoms with E-state index >= 15 is 0 Å². The van der Waals surface area contributed by atoms with Crippen LogP contribution >= 0.6 is 7.37 Å². The quantitative estimate of drug-likeness (QED) is 0.338. The molecule has 1 rings (SSSR count). The van der Waals surface area contributed by atoms with Crippen molar-refractivity contribution in [2.75, 3.05) is 26.0 Å². The monoisotopic (exact) mass is 356 g/mol. The predicted molar refractivity (Wildman–Crippen MR) is 93.1 cm³/mol. The van der Waals surface area contributed by atoms with Crippen LogP contribution in [-0.2, 0) is 9.36 Å². The molecule has 1 aromatic carbocycles. The average Bonchev–Trinajstić information content (AvgIpc) is 2.55. The van der Waals surface area contributed by atoms with Crippen LogP contribution in [0.4, 0.5) is 0 Å². The van der Waals surface area contributed by atoms with E-state index in [1.165, 1.54) is 18.2 Å². The summed E-state index contributed by atoms with van der Waals surface area (Å²) in [7, 11) is -3.57. The van der Waals surface area contributed by atoms with Gasteiger partial charge in [-0.1, -0.05) is 38.1 Å². The van der Waals surface area contributed by atoms with Crippen LogP contribution < -0.4 is 0 Å². The van der Waals surface area contributed by atoms with Gasteiger partial charge in [-0.25, -0.2) is 5.06 Å². The van der Waals surface area contributed by atoms with E-state index in [0.29, 0.717) is 5.06 Å². The Morgan fingerprint density at radius 3 is 2.25 bits per heavy atom. The highest BCUT2D eigenvalue weighted by Crippen LogP contribution is 2.36. The molecule has 134 valence electrons. The van der Waals surface area contributed by atoms with Gasteiger partial charge in [-0.3, -0.25) is 19.4 Å². The summed E-state index contributed by atoms with van der Waals surface area (Å²) in [5.41, 5.74) is 0.289. The van der Waals surface area contributed by atoms with Gasteiger partial charge in [0.15, 0.2) is 0 Å². The Labute approximate surface area is 142 Å². The average molecular weight is 356 g/mol. The lowest BCUT2D eigenvalue weighted by molar-refractivity contribution is -0.163. The Balaban J connectivity index is 0.00000254. The normalized spacial score (nSPS) is 12.2. The molecule has 0 aromatic heterocycles. The van der Waals surface area contributed by atoms with E-state index < -0.39 is 32.0 Å². The zero-order chi connectivity index (χ0) is 18.8. The zero-order valence-electron chi connectivity index (χ0n) is 14.3. The fourth-order valence-corrected chi connectivity index (χ4v) is 2.60. The minimum Gasteiger partial charge on any atom is -0.343 e. The Kier molecular flexibility index (Phi) is 9.88. The van der Waals surface area contributed by atoms with E-state index in [1.807, 2.05) is 13.8 Å². The molecule has 0 saturated carbocycles. The maximum absolute atomic E-state index is 12.4. The molecule has 0 heterocycles. The van der Waals surface area contributed by atoms with E-state index in [9.17, 15) is 24.3 Å². The summed E-state index contributed by atoms with van der Waals surface area (Å²) in [6.45, 7) is 7.88. The Morgan fingerprint density at radius 2 is 1.79 bits per heavy atom. The number of hydroxylamine groups is 2. The number of amides is 2. The van der Waals surface area contributed by atoms with Crippen molar-refractivity contribution in [3.8, 4) is 0 Å². The van der Waals surface area contributed by atoms with Crippen molar-refractivity contribution in [3.63, 3.8) is 0 Å². The van der Waals surface area contributed by atoms with Crippen molar-refractivity contribution >= 4 is 19.2 Å². The minimum atomic E-state index is -3.57. The lowest BCUT2D eigenvalue weighted by Crippen LogP contribution is -2.42. The van der Waals surface area contributed by atoms with Crippen molar-refractivity contribution in [2.45, 2.75) is 13.8 Å². The molecule has 8 heteroatoms. The van der Waals surface area contributed by atoms with Gasteiger partial charge in [0, 0.05) is 12.2 Å². The Hall–Kier alpha value is -1.95. The number of carbonyl (C=O) groups is 2. The summed E-state index contributed by atoms with van der Waals surface area (Å²) in [6, 6.07) is 8.10. The third kappa shape index (κ3) is 8.06. The molecule has 0 aliphatic carbocycles. The molecule has 0 radical (unpaired) electrons. The van der Waals surface area contributed by atoms with Gasteiger partial charge in [0.2, 0.25) is 7.37 Å². The molecular weight excluding hydrogens is 331 g/mol. The summed E-state index contributed by atoms with van der Waals surface area (Å²) in [4.78, 5) is 34.6. The van der Waals surface area contributed by atoms with Crippen LogP contribution in [0.1, 0.15) is 24.2 Å². The molecule has 0 fully saturated rings. The minimum absolute atomic E-state index is 0.102. The van der Waals surface area contributed by atoms with Crippen LogP contribution in [0.2, 0.25) is 0 Å². The number of benzene rings is 1. The van der Waals surface area contributed by atoms with Crippen LogP contribution in [0.25, 0.3) is 0 Å². The second-order valence-electron chi connectivity index (χ2n) is 4.83. The molecule has 2 N–H and O–H groups in total. The largest absolute Gasteiger partial charge is 0.343 e. The molecule has 1 aromatic rings. The molecule has 24 heavy (non-hydrogen) atoms. The first-order chi connectivity index (χ1) is 11.2. The molecule has 0 spiro atoms. The van der Waals surface area contributed by atoms with Crippen LogP contribution in [0.3, 0.4) is 0 Å². The van der Waals surface area contributed by atoms with Crippen molar-refractivity contribution in [1.29, 1.82) is 0 Å². The lowest BCUT2D eigenvalue weighted by Gasteiger charge is -2.25. The van der Waals surface area contributed by atoms with Crippen LogP contribution in [0.5, 0.6) is 0 Å². The highest BCUT2D eigenvalue weighted by molar-refractivity contribution is 7.57. The highest BCUT2D eigenvalue weighted by atomic mass is 31.2. The third-order valence-electron chi connectivity index (χ3n) is 2.66. The van der Waals surface area contributed by atoms with Crippen LogP contribution in [0.15, 0.2) is 43.0 Å². The van der Waals surface area contributed by atoms with Gasteiger partial charge in [-0.05, 0) is 12.1 Å². The van der Waals surface area contributed by atoms with E-state index in [1.54, 1.807) is 18.2 Å². The lowest BCUT2D eigenvalue weighted by atomic mass is 10.2. The number of carbonyl (C=O) groups excluding carboxylic acids is 2. The first-order valence-corrected chi connectivity index (χ1v) is 9.77. The SMILES string of the molecule is C=CCN(O)C(=O)CN(CP(C)(=O)O)C(=O)c1ccccc1.CC. The number of hydrogen-bond donors (Lipinski definition) is 2. The van der Waals surface area contributed by atoms with Gasteiger partial charge in [-0.2, -0.15) is 0 Å². The van der Waals surface area contributed by atoms with Gasteiger partial charge < -0.3 is 9.79 Å². The molecule has 7 nitrogen and oxygen atoms in total. The Morgan fingerprint density at radius 1 is 1.25 bits per heavy atom. The summed E-state index contributed by atoms with van der Waals surface area (Å²) < 4.78 is 11.6. The molecular formula is C16H25N2O5P. The van der Waals surface area contributed by atoms with Gasteiger partial charge in [-0.15, -0.1) is 6.58 Å². The molecule has 0 bridgehead atoms. The van der Waals surface area contributed by atoms with E-state index in [2.05, 4.69) is 6.58 Å². The van der Waals surface area contributed by atoms with Crippen molar-refractivity contribution in [2.24, 2.45) is 0 Å². The van der Waals surface area contributed by atoms with Crippen LogP contribution in [0, 0.1) is 0 Å². The number of hydrogen-bond acceptors (Lipinski definition) is 4. The van der Waals surface area contributed by atoms with Crippen LogP contribution in [-0.4, -0.2) is 57.9 Å².